The molecule has 0 radical (unpaired) electrons. The minimum atomic E-state index is -0.232. The lowest BCUT2D eigenvalue weighted by atomic mass is 10.1. The van der Waals surface area contributed by atoms with Crippen LogP contribution in [0.5, 0.6) is 0 Å². The number of hydrogen-bond acceptors (Lipinski definition) is 2. The lowest BCUT2D eigenvalue weighted by molar-refractivity contribution is -0.0378. The van der Waals surface area contributed by atoms with Gasteiger partial charge in [0.2, 0.25) is 0 Å². The predicted octanol–water partition coefficient (Wildman–Crippen LogP) is 4.11. The molecule has 1 aliphatic carbocycles. The van der Waals surface area contributed by atoms with E-state index in [9.17, 15) is 4.39 Å². The summed E-state index contributed by atoms with van der Waals surface area (Å²) in [6.07, 6.45) is 5.09. The molecule has 1 aromatic carbocycles. The van der Waals surface area contributed by atoms with Gasteiger partial charge in [0.25, 0.3) is 0 Å². The summed E-state index contributed by atoms with van der Waals surface area (Å²) < 4.78 is 13.7. The molecule has 1 N–H and O–H groups in total. The lowest BCUT2D eigenvalue weighted by Crippen LogP contribution is -2.25. The highest BCUT2D eigenvalue weighted by Crippen LogP contribution is 2.25. The van der Waals surface area contributed by atoms with Gasteiger partial charge >= 0.3 is 0 Å². The van der Waals surface area contributed by atoms with E-state index < -0.39 is 0 Å². The highest BCUT2D eigenvalue weighted by Gasteiger charge is 2.17. The highest BCUT2D eigenvalue weighted by atomic mass is 79.9. The Labute approximate surface area is 110 Å². The maximum Gasteiger partial charge on any atom is 0.124 e. The molecule has 1 aliphatic rings. The van der Waals surface area contributed by atoms with E-state index in [-0.39, 0.29) is 11.9 Å². The molecule has 1 saturated carbocycles. The third-order valence-electron chi connectivity index (χ3n) is 3.14. The molecule has 0 bridgehead atoms. The van der Waals surface area contributed by atoms with Crippen LogP contribution in [0.4, 0.5) is 4.39 Å². The highest BCUT2D eigenvalue weighted by molar-refractivity contribution is 9.10. The van der Waals surface area contributed by atoms with Crippen LogP contribution in [0.1, 0.15) is 44.2 Å². The molecule has 1 atom stereocenters. The minimum Gasteiger partial charge on any atom is -0.298 e. The topological polar surface area (TPSA) is 21.3 Å². The molecular weight excluding hydrogens is 285 g/mol. The van der Waals surface area contributed by atoms with Gasteiger partial charge < -0.3 is 0 Å². The molecule has 1 aromatic rings. The summed E-state index contributed by atoms with van der Waals surface area (Å²) in [5, 5.41) is 0. The standard InChI is InChI=1S/C13H17BrFNO/c1-9(16-17-11-4-2-3-5-11)12-7-6-10(15)8-13(12)14/h6-9,11,16H,2-5H2,1H3. The number of rotatable bonds is 4. The van der Waals surface area contributed by atoms with Crippen LogP contribution < -0.4 is 5.48 Å². The molecule has 17 heavy (non-hydrogen) atoms. The van der Waals surface area contributed by atoms with Crippen molar-refractivity contribution in [3.05, 3.63) is 34.1 Å². The van der Waals surface area contributed by atoms with Crippen LogP contribution in [0.25, 0.3) is 0 Å². The molecule has 1 unspecified atom stereocenters. The summed E-state index contributed by atoms with van der Waals surface area (Å²) >= 11 is 3.37. The number of benzene rings is 1. The van der Waals surface area contributed by atoms with Gasteiger partial charge in [-0.25, -0.2) is 4.39 Å². The van der Waals surface area contributed by atoms with Crippen LogP contribution in [-0.4, -0.2) is 6.10 Å². The molecule has 94 valence electrons. The van der Waals surface area contributed by atoms with Gasteiger partial charge in [0.15, 0.2) is 0 Å². The van der Waals surface area contributed by atoms with Crippen LogP contribution in [0, 0.1) is 5.82 Å². The lowest BCUT2D eigenvalue weighted by Gasteiger charge is -2.18. The zero-order valence-electron chi connectivity index (χ0n) is 9.88. The molecule has 0 heterocycles. The van der Waals surface area contributed by atoms with Crippen molar-refractivity contribution >= 4 is 15.9 Å². The van der Waals surface area contributed by atoms with E-state index in [0.717, 1.165) is 22.9 Å². The van der Waals surface area contributed by atoms with Gasteiger partial charge in [-0.3, -0.25) is 4.84 Å². The molecule has 2 nitrogen and oxygen atoms in total. The minimum absolute atomic E-state index is 0.0468. The third kappa shape index (κ3) is 3.50. The van der Waals surface area contributed by atoms with Crippen molar-refractivity contribution in [3.8, 4) is 0 Å². The molecule has 0 aromatic heterocycles. The van der Waals surface area contributed by atoms with Gasteiger partial charge in [-0.2, -0.15) is 5.48 Å². The largest absolute Gasteiger partial charge is 0.298 e. The maximum absolute atomic E-state index is 13.0. The Morgan fingerprint density at radius 1 is 1.41 bits per heavy atom. The second kappa shape index (κ2) is 5.94. The van der Waals surface area contributed by atoms with E-state index in [1.165, 1.54) is 25.0 Å². The van der Waals surface area contributed by atoms with Crippen molar-refractivity contribution in [2.45, 2.75) is 44.8 Å². The third-order valence-corrected chi connectivity index (χ3v) is 3.83. The Morgan fingerprint density at radius 3 is 2.76 bits per heavy atom. The van der Waals surface area contributed by atoms with Crippen LogP contribution >= 0.6 is 15.9 Å². The van der Waals surface area contributed by atoms with Crippen LogP contribution in [0.15, 0.2) is 22.7 Å². The zero-order valence-corrected chi connectivity index (χ0v) is 11.5. The Hall–Kier alpha value is -0.450. The molecule has 0 spiro atoms. The smallest absolute Gasteiger partial charge is 0.124 e. The summed E-state index contributed by atoms with van der Waals surface area (Å²) in [5.41, 5.74) is 4.05. The van der Waals surface area contributed by atoms with Crippen LogP contribution in [0.2, 0.25) is 0 Å². The SMILES string of the molecule is CC(NOC1CCCC1)c1ccc(F)cc1Br. The van der Waals surface area contributed by atoms with Gasteiger partial charge in [0.05, 0.1) is 12.1 Å². The fourth-order valence-electron chi connectivity index (χ4n) is 2.12. The fraction of sp³-hybridized carbons (Fsp3) is 0.538. The van der Waals surface area contributed by atoms with Crippen molar-refractivity contribution in [2.75, 3.05) is 0 Å². The summed E-state index contributed by atoms with van der Waals surface area (Å²) in [6, 6.07) is 4.76. The zero-order chi connectivity index (χ0) is 12.3. The van der Waals surface area contributed by atoms with Crippen molar-refractivity contribution in [2.24, 2.45) is 0 Å². The normalized spacial score (nSPS) is 18.5. The number of hydroxylamine groups is 1. The first kappa shape index (κ1) is 13.0. The van der Waals surface area contributed by atoms with Crippen molar-refractivity contribution < 1.29 is 9.23 Å². The Bertz CT molecular complexity index is 380. The molecule has 0 amide bonds. The quantitative estimate of drug-likeness (QED) is 0.845. The fourth-order valence-corrected chi connectivity index (χ4v) is 2.81. The second-order valence-corrected chi connectivity index (χ2v) is 5.38. The number of nitrogens with one attached hydrogen (secondary N) is 1. The number of halogens is 2. The molecule has 1 fully saturated rings. The molecule has 2 rings (SSSR count). The molecule has 4 heteroatoms. The Morgan fingerprint density at radius 2 is 2.12 bits per heavy atom. The predicted molar refractivity (Wildman–Crippen MR) is 69.0 cm³/mol. The van der Waals surface area contributed by atoms with Gasteiger partial charge in [0.1, 0.15) is 5.82 Å². The number of hydrogen-bond donors (Lipinski definition) is 1. The molecule has 0 aliphatic heterocycles. The monoisotopic (exact) mass is 301 g/mol. The van der Waals surface area contributed by atoms with Crippen molar-refractivity contribution in [3.63, 3.8) is 0 Å². The Kier molecular flexibility index (Phi) is 4.54. The van der Waals surface area contributed by atoms with E-state index in [1.54, 1.807) is 6.07 Å². The van der Waals surface area contributed by atoms with E-state index in [2.05, 4.69) is 21.4 Å². The summed E-state index contributed by atoms with van der Waals surface area (Å²) in [4.78, 5) is 5.64. The van der Waals surface area contributed by atoms with Crippen molar-refractivity contribution in [1.82, 2.24) is 5.48 Å². The van der Waals surface area contributed by atoms with Gasteiger partial charge in [-0.05, 0) is 37.5 Å². The van der Waals surface area contributed by atoms with E-state index in [4.69, 9.17) is 4.84 Å². The summed E-state index contributed by atoms with van der Waals surface area (Å²) in [6.45, 7) is 2.01. The van der Waals surface area contributed by atoms with E-state index >= 15 is 0 Å². The van der Waals surface area contributed by atoms with E-state index in [1.807, 2.05) is 6.92 Å². The van der Waals surface area contributed by atoms with E-state index in [0.29, 0.717) is 6.10 Å². The summed E-state index contributed by atoms with van der Waals surface area (Å²) in [7, 11) is 0. The van der Waals surface area contributed by atoms with Crippen molar-refractivity contribution in [1.29, 1.82) is 0 Å². The maximum atomic E-state index is 13.0. The second-order valence-electron chi connectivity index (χ2n) is 4.53. The van der Waals surface area contributed by atoms with Gasteiger partial charge in [0, 0.05) is 4.47 Å². The average Bonchev–Trinajstić information content (AvgIpc) is 2.78. The molecule has 0 saturated heterocycles. The first-order valence-corrected chi connectivity index (χ1v) is 6.82. The Balaban J connectivity index is 1.91. The van der Waals surface area contributed by atoms with Crippen LogP contribution in [0.3, 0.4) is 0 Å². The van der Waals surface area contributed by atoms with Gasteiger partial charge in [-0.15, -0.1) is 0 Å². The first-order chi connectivity index (χ1) is 8.16. The molecular formula is C13H17BrFNO. The first-order valence-electron chi connectivity index (χ1n) is 6.03. The average molecular weight is 302 g/mol. The van der Waals surface area contributed by atoms with Gasteiger partial charge in [-0.1, -0.05) is 34.8 Å². The van der Waals surface area contributed by atoms with Crippen LogP contribution in [-0.2, 0) is 4.84 Å². The summed E-state index contributed by atoms with van der Waals surface area (Å²) in [5.74, 6) is -0.232.